The van der Waals surface area contributed by atoms with Gasteiger partial charge in [0, 0.05) is 31.0 Å². The van der Waals surface area contributed by atoms with Gasteiger partial charge in [0.15, 0.2) is 0 Å². The van der Waals surface area contributed by atoms with Crippen LogP contribution in [-0.2, 0) is 0 Å². The van der Waals surface area contributed by atoms with E-state index >= 15 is 0 Å². The molecule has 2 fully saturated rings. The summed E-state index contributed by atoms with van der Waals surface area (Å²) in [7, 11) is 0. The molecule has 1 unspecified atom stereocenters. The van der Waals surface area contributed by atoms with Gasteiger partial charge in [-0.1, -0.05) is 25.3 Å². The highest BCUT2D eigenvalue weighted by Gasteiger charge is 2.28. The van der Waals surface area contributed by atoms with E-state index in [0.29, 0.717) is 18.5 Å². The zero-order chi connectivity index (χ0) is 27.0. The summed E-state index contributed by atoms with van der Waals surface area (Å²) in [6.45, 7) is 3.39. The Morgan fingerprint density at radius 2 is 2.08 bits per heavy atom. The van der Waals surface area contributed by atoms with E-state index in [-0.39, 0.29) is 6.10 Å². The number of β-amino-alcohol motifs (C(OH)–C–C–N with tert-alkyl or cyclic N) is 1. The molecule has 206 valence electrons. The van der Waals surface area contributed by atoms with Gasteiger partial charge in [0.2, 0.25) is 5.95 Å². The van der Waals surface area contributed by atoms with Gasteiger partial charge in [-0.15, -0.1) is 23.1 Å². The molecule has 2 aromatic heterocycles. The summed E-state index contributed by atoms with van der Waals surface area (Å²) < 4.78 is 7.09. The van der Waals surface area contributed by atoms with Crippen molar-refractivity contribution in [3.05, 3.63) is 47.7 Å². The molecule has 39 heavy (non-hydrogen) atoms. The van der Waals surface area contributed by atoms with Gasteiger partial charge < -0.3 is 20.1 Å². The summed E-state index contributed by atoms with van der Waals surface area (Å²) in [5, 5.41) is 23.2. The number of aliphatic hydroxyl groups excluding tert-OH is 1. The number of benzene rings is 1. The number of ether oxygens (including phenoxy) is 1. The lowest BCUT2D eigenvalue weighted by Gasteiger charge is -2.29. The lowest BCUT2D eigenvalue weighted by Crippen LogP contribution is -2.39. The predicted molar refractivity (Wildman–Crippen MR) is 159 cm³/mol. The minimum Gasteiger partial charge on any atom is -0.493 e. The fourth-order valence-electron chi connectivity index (χ4n) is 5.69. The van der Waals surface area contributed by atoms with Crippen molar-refractivity contribution in [1.29, 1.82) is 5.26 Å². The number of piperidine rings is 1. The molecule has 3 aromatic rings. The summed E-state index contributed by atoms with van der Waals surface area (Å²) in [6.07, 6.45) is 12.5. The monoisotopic (exact) mass is 563 g/mol. The molecule has 2 N–H and O–H groups in total. The lowest BCUT2D eigenvalue weighted by molar-refractivity contribution is 0.0679. The summed E-state index contributed by atoms with van der Waals surface area (Å²) >= 11 is 3.33. The van der Waals surface area contributed by atoms with Gasteiger partial charge in [0.25, 0.3) is 0 Å². The number of nitrogens with zero attached hydrogens (tertiary/aromatic N) is 4. The number of aliphatic hydroxyl groups is 1. The topological polar surface area (TPSA) is 94.3 Å². The molecular weight excluding hydrogens is 526 g/mol. The van der Waals surface area contributed by atoms with Gasteiger partial charge in [-0.3, -0.25) is 0 Å². The number of hydrogen-bond donors (Lipinski definition) is 2. The number of nitrogens with one attached hydrogen (secondary N) is 1. The molecule has 3 heterocycles. The van der Waals surface area contributed by atoms with Crippen LogP contribution < -0.4 is 10.1 Å². The highest BCUT2D eigenvalue weighted by atomic mass is 32.2. The second kappa shape index (κ2) is 13.6. The van der Waals surface area contributed by atoms with E-state index in [0.717, 1.165) is 83.5 Å². The molecule has 9 heteroatoms. The third kappa shape index (κ3) is 7.12. The van der Waals surface area contributed by atoms with Gasteiger partial charge in [-0.2, -0.15) is 5.26 Å². The fourth-order valence-corrected chi connectivity index (χ4v) is 7.68. The highest BCUT2D eigenvalue weighted by Crippen LogP contribution is 2.47. The molecule has 1 aliphatic carbocycles. The van der Waals surface area contributed by atoms with Crippen molar-refractivity contribution in [2.75, 3.05) is 37.8 Å². The smallest absolute Gasteiger partial charge is 0.227 e. The van der Waals surface area contributed by atoms with Crippen molar-refractivity contribution in [1.82, 2.24) is 14.9 Å². The van der Waals surface area contributed by atoms with E-state index in [4.69, 9.17) is 9.72 Å². The van der Waals surface area contributed by atoms with Crippen molar-refractivity contribution in [2.24, 2.45) is 0 Å². The Hall–Kier alpha value is -2.64. The Kier molecular flexibility index (Phi) is 9.75. The molecule has 2 aliphatic rings. The molecule has 5 rings (SSSR count). The Balaban J connectivity index is 1.26. The summed E-state index contributed by atoms with van der Waals surface area (Å²) in [5.41, 5.74) is 3.75. The van der Waals surface area contributed by atoms with Gasteiger partial charge >= 0.3 is 0 Å². The van der Waals surface area contributed by atoms with Crippen molar-refractivity contribution >= 4 is 34.7 Å². The average Bonchev–Trinajstić information content (AvgIpc) is 3.35. The third-order valence-electron chi connectivity index (χ3n) is 7.57. The molecule has 1 atom stereocenters. The summed E-state index contributed by atoms with van der Waals surface area (Å²) in [6, 6.07) is 12.3. The van der Waals surface area contributed by atoms with E-state index in [1.54, 1.807) is 29.3 Å². The Morgan fingerprint density at radius 3 is 2.87 bits per heavy atom. The molecule has 7 nitrogen and oxygen atoms in total. The zero-order valence-corrected chi connectivity index (χ0v) is 24.2. The first-order chi connectivity index (χ1) is 19.1. The number of likely N-dealkylation sites (tertiary alicyclic amines) is 1. The van der Waals surface area contributed by atoms with Crippen molar-refractivity contribution in [2.45, 2.75) is 67.6 Å². The first-order valence-electron chi connectivity index (χ1n) is 14.0. The van der Waals surface area contributed by atoms with Crippen LogP contribution in [0.15, 0.2) is 40.7 Å². The van der Waals surface area contributed by atoms with Crippen LogP contribution in [0.5, 0.6) is 5.75 Å². The normalized spacial score (nSPS) is 18.5. The van der Waals surface area contributed by atoms with Crippen LogP contribution in [0.3, 0.4) is 0 Å². The van der Waals surface area contributed by atoms with Crippen LogP contribution in [0.25, 0.3) is 10.6 Å². The number of thioether (sulfide) groups is 1. The van der Waals surface area contributed by atoms with Gasteiger partial charge in [-0.05, 0) is 74.6 Å². The van der Waals surface area contributed by atoms with Crippen LogP contribution >= 0.6 is 23.1 Å². The Bertz CT molecular complexity index is 1280. The first kappa shape index (κ1) is 27.9. The molecule has 1 aromatic carbocycles. The molecule has 1 saturated heterocycles. The maximum Gasteiger partial charge on any atom is 0.227 e. The van der Waals surface area contributed by atoms with Gasteiger partial charge in [0.05, 0.1) is 33.1 Å². The molecular formula is C30H37N5O2S2. The average molecular weight is 564 g/mol. The van der Waals surface area contributed by atoms with E-state index in [9.17, 15) is 10.4 Å². The van der Waals surface area contributed by atoms with Crippen molar-refractivity contribution in [3.63, 3.8) is 0 Å². The molecule has 0 amide bonds. The minimum atomic E-state index is -0.192. The zero-order valence-electron chi connectivity index (χ0n) is 22.6. The van der Waals surface area contributed by atoms with Crippen LogP contribution in [0.2, 0.25) is 0 Å². The van der Waals surface area contributed by atoms with Crippen LogP contribution in [-0.4, -0.2) is 58.6 Å². The van der Waals surface area contributed by atoms with E-state index in [1.165, 1.54) is 24.8 Å². The standard InChI is InChI=1S/C30H37N5O2S2/c1-38-29-25(19-31)27(21-8-3-2-4-9-21)28(39-29)26-13-14-32-30(34-26)33-22-10-5-12-24(18-22)37-17-7-16-35-15-6-11-23(36)20-35/h5,10,12-14,18,21,23,36H,2-4,6-9,11,15-17,20H2,1H3,(H,32,33,34). The first-order valence-corrected chi connectivity index (χ1v) is 16.0. The maximum atomic E-state index is 10.0. The largest absolute Gasteiger partial charge is 0.493 e. The van der Waals surface area contributed by atoms with Crippen molar-refractivity contribution < 1.29 is 9.84 Å². The molecule has 1 aliphatic heterocycles. The fraction of sp³-hybridized carbons (Fsp3) is 0.500. The number of hydrogen-bond acceptors (Lipinski definition) is 9. The second-order valence-corrected chi connectivity index (χ2v) is 12.5. The van der Waals surface area contributed by atoms with Crippen LogP contribution in [0.1, 0.15) is 68.4 Å². The number of aromatic nitrogens is 2. The SMILES string of the molecule is CSc1sc(-c2ccnc(Nc3cccc(OCCCN4CCCC(O)C4)c3)n2)c(C2CCCCC2)c1C#N. The van der Waals surface area contributed by atoms with Crippen LogP contribution in [0, 0.1) is 11.3 Å². The summed E-state index contributed by atoms with van der Waals surface area (Å²) in [5.74, 6) is 1.75. The maximum absolute atomic E-state index is 10.0. The van der Waals surface area contributed by atoms with E-state index < -0.39 is 0 Å². The second-order valence-electron chi connectivity index (χ2n) is 10.4. The Morgan fingerprint density at radius 1 is 1.21 bits per heavy atom. The molecule has 1 saturated carbocycles. The third-order valence-corrected chi connectivity index (χ3v) is 9.92. The van der Waals surface area contributed by atoms with Gasteiger partial charge in [-0.25, -0.2) is 9.97 Å². The van der Waals surface area contributed by atoms with Crippen molar-refractivity contribution in [3.8, 4) is 22.4 Å². The Labute approximate surface area is 239 Å². The molecule has 0 spiro atoms. The van der Waals surface area contributed by atoms with Crippen LogP contribution in [0.4, 0.5) is 11.6 Å². The highest BCUT2D eigenvalue weighted by molar-refractivity contribution is 8.00. The van der Waals surface area contributed by atoms with E-state index in [1.807, 2.05) is 36.6 Å². The predicted octanol–water partition coefficient (Wildman–Crippen LogP) is 6.82. The quantitative estimate of drug-likeness (QED) is 0.205. The minimum absolute atomic E-state index is 0.192. The number of rotatable bonds is 10. The molecule has 0 bridgehead atoms. The summed E-state index contributed by atoms with van der Waals surface area (Å²) in [4.78, 5) is 12.8. The molecule has 0 radical (unpaired) electrons. The number of anilines is 2. The number of nitriles is 1. The van der Waals surface area contributed by atoms with E-state index in [2.05, 4.69) is 21.3 Å². The van der Waals surface area contributed by atoms with Gasteiger partial charge in [0.1, 0.15) is 11.8 Å². The lowest BCUT2D eigenvalue weighted by atomic mass is 9.82. The number of thiophene rings is 1.